The first-order valence-electron chi connectivity index (χ1n) is 3.81. The fourth-order valence-corrected chi connectivity index (χ4v) is 2.00. The molecule has 1 aromatic rings. The van der Waals surface area contributed by atoms with E-state index in [0.29, 0.717) is 6.42 Å². The van der Waals surface area contributed by atoms with Gasteiger partial charge in [0.15, 0.2) is 0 Å². The van der Waals surface area contributed by atoms with Crippen LogP contribution in [0.4, 0.5) is 0 Å². The molecule has 1 rings (SSSR count). The molecule has 3 nitrogen and oxygen atoms in total. The summed E-state index contributed by atoms with van der Waals surface area (Å²) in [4.78, 5) is 1.80. The maximum absolute atomic E-state index is 9.38. The second-order valence-electron chi connectivity index (χ2n) is 2.73. The highest BCUT2D eigenvalue weighted by Gasteiger charge is 2.12. The number of thiophene rings is 1. The van der Waals surface area contributed by atoms with Gasteiger partial charge in [0.25, 0.3) is 0 Å². The van der Waals surface area contributed by atoms with E-state index in [-0.39, 0.29) is 18.4 Å². The van der Waals surface area contributed by atoms with Crippen LogP contribution in [0.3, 0.4) is 0 Å². The van der Waals surface area contributed by atoms with Gasteiger partial charge in [-0.05, 0) is 19.4 Å². The van der Waals surface area contributed by atoms with E-state index >= 15 is 0 Å². The molecule has 4 heteroatoms. The van der Waals surface area contributed by atoms with Gasteiger partial charge in [-0.1, -0.05) is 0 Å². The van der Waals surface area contributed by atoms with Crippen LogP contribution in [-0.2, 0) is 0 Å². The standard InChI is InChI=1S/C8H13NO2S/c1-5-4-7(11)8(12-5)6(9)2-3-10/h4,6,10-11H,2-3,9H2,1H3. The number of hydrogen-bond acceptors (Lipinski definition) is 4. The summed E-state index contributed by atoms with van der Waals surface area (Å²) < 4.78 is 0. The molecule has 0 amide bonds. The smallest absolute Gasteiger partial charge is 0.131 e. The van der Waals surface area contributed by atoms with E-state index in [9.17, 15) is 5.11 Å². The van der Waals surface area contributed by atoms with E-state index in [1.807, 2.05) is 6.92 Å². The lowest BCUT2D eigenvalue weighted by Gasteiger charge is -2.06. The third-order valence-corrected chi connectivity index (χ3v) is 2.81. The lowest BCUT2D eigenvalue weighted by Crippen LogP contribution is -2.10. The van der Waals surface area contributed by atoms with Gasteiger partial charge in [-0.25, -0.2) is 0 Å². The van der Waals surface area contributed by atoms with E-state index < -0.39 is 0 Å². The molecule has 1 heterocycles. The molecule has 0 radical (unpaired) electrons. The second kappa shape index (κ2) is 3.89. The van der Waals surface area contributed by atoms with Crippen LogP contribution in [0.25, 0.3) is 0 Å². The first-order chi connectivity index (χ1) is 5.65. The fraction of sp³-hybridized carbons (Fsp3) is 0.500. The highest BCUT2D eigenvalue weighted by molar-refractivity contribution is 7.12. The third kappa shape index (κ3) is 1.97. The monoisotopic (exact) mass is 187 g/mol. The highest BCUT2D eigenvalue weighted by atomic mass is 32.1. The summed E-state index contributed by atoms with van der Waals surface area (Å²) >= 11 is 1.48. The van der Waals surface area contributed by atoms with Crippen LogP contribution >= 0.6 is 11.3 Å². The third-order valence-electron chi connectivity index (χ3n) is 1.64. The molecule has 0 aliphatic carbocycles. The quantitative estimate of drug-likeness (QED) is 0.665. The zero-order chi connectivity index (χ0) is 9.14. The Labute approximate surface area is 75.5 Å². The number of nitrogens with two attached hydrogens (primary N) is 1. The number of rotatable bonds is 3. The van der Waals surface area contributed by atoms with Crippen molar-refractivity contribution in [1.29, 1.82) is 0 Å². The molecule has 0 spiro atoms. The summed E-state index contributed by atoms with van der Waals surface area (Å²) in [5.74, 6) is 0.249. The lowest BCUT2D eigenvalue weighted by atomic mass is 10.2. The molecule has 0 aliphatic heterocycles. The van der Waals surface area contributed by atoms with Crippen molar-refractivity contribution < 1.29 is 10.2 Å². The molecule has 0 saturated heterocycles. The molecule has 0 saturated carbocycles. The van der Waals surface area contributed by atoms with Gasteiger partial charge in [0.2, 0.25) is 0 Å². The topological polar surface area (TPSA) is 66.5 Å². The number of aliphatic hydroxyl groups excluding tert-OH is 1. The second-order valence-corrected chi connectivity index (χ2v) is 4.01. The van der Waals surface area contributed by atoms with Gasteiger partial charge in [0, 0.05) is 17.5 Å². The molecule has 0 aromatic carbocycles. The Balaban J connectivity index is 2.79. The molecule has 4 N–H and O–H groups in total. The van der Waals surface area contributed by atoms with E-state index in [0.717, 1.165) is 9.75 Å². The van der Waals surface area contributed by atoms with Gasteiger partial charge in [0.05, 0.1) is 4.88 Å². The summed E-state index contributed by atoms with van der Waals surface area (Å²) in [6, 6.07) is 1.45. The van der Waals surface area contributed by atoms with Crippen molar-refractivity contribution in [2.24, 2.45) is 5.73 Å². The molecule has 0 bridgehead atoms. The Bertz CT molecular complexity index is 260. The molecule has 68 valence electrons. The maximum Gasteiger partial charge on any atom is 0.131 e. The molecular formula is C8H13NO2S. The first kappa shape index (κ1) is 9.51. The van der Waals surface area contributed by atoms with Gasteiger partial charge in [-0.15, -0.1) is 11.3 Å². The Kier molecular flexibility index (Phi) is 3.08. The molecular weight excluding hydrogens is 174 g/mol. The minimum absolute atomic E-state index is 0.0531. The molecule has 0 fully saturated rings. The van der Waals surface area contributed by atoms with Crippen LogP contribution in [-0.4, -0.2) is 16.8 Å². The van der Waals surface area contributed by atoms with Crippen LogP contribution in [0.15, 0.2) is 6.07 Å². The Hall–Kier alpha value is -0.580. The maximum atomic E-state index is 9.38. The Morgan fingerprint density at radius 2 is 2.33 bits per heavy atom. The van der Waals surface area contributed by atoms with E-state index in [1.54, 1.807) is 6.07 Å². The summed E-state index contributed by atoms with van der Waals surface area (Å²) in [6.07, 6.45) is 0.494. The number of aromatic hydroxyl groups is 1. The largest absolute Gasteiger partial charge is 0.507 e. The Morgan fingerprint density at radius 3 is 2.75 bits per heavy atom. The van der Waals surface area contributed by atoms with Crippen molar-refractivity contribution in [2.45, 2.75) is 19.4 Å². The van der Waals surface area contributed by atoms with E-state index in [4.69, 9.17) is 10.8 Å². The van der Waals surface area contributed by atoms with Crippen molar-refractivity contribution in [3.05, 3.63) is 15.8 Å². The van der Waals surface area contributed by atoms with Gasteiger partial charge in [-0.2, -0.15) is 0 Å². The molecule has 1 aromatic heterocycles. The first-order valence-corrected chi connectivity index (χ1v) is 4.62. The van der Waals surface area contributed by atoms with Crippen molar-refractivity contribution in [3.63, 3.8) is 0 Å². The normalized spacial score (nSPS) is 13.2. The van der Waals surface area contributed by atoms with Crippen LogP contribution in [0.1, 0.15) is 22.2 Å². The predicted octanol–water partition coefficient (Wildman–Crippen LogP) is 1.14. The highest BCUT2D eigenvalue weighted by Crippen LogP contribution is 2.32. The minimum atomic E-state index is -0.242. The zero-order valence-electron chi connectivity index (χ0n) is 6.95. The van der Waals surface area contributed by atoms with E-state index in [2.05, 4.69) is 0 Å². The molecule has 1 unspecified atom stereocenters. The average molecular weight is 187 g/mol. The summed E-state index contributed by atoms with van der Waals surface area (Å²) in [5.41, 5.74) is 5.71. The van der Waals surface area contributed by atoms with Crippen LogP contribution < -0.4 is 5.73 Å². The summed E-state index contributed by atoms with van der Waals surface area (Å²) in [6.45, 7) is 1.97. The SMILES string of the molecule is Cc1cc(O)c(C(N)CCO)s1. The van der Waals surface area contributed by atoms with E-state index in [1.165, 1.54) is 11.3 Å². The Morgan fingerprint density at radius 1 is 1.67 bits per heavy atom. The van der Waals surface area contributed by atoms with Crippen LogP contribution in [0.5, 0.6) is 5.75 Å². The summed E-state index contributed by atoms with van der Waals surface area (Å²) in [7, 11) is 0. The number of aryl methyl sites for hydroxylation is 1. The summed E-state index contributed by atoms with van der Waals surface area (Å²) in [5, 5.41) is 18.0. The van der Waals surface area contributed by atoms with Crippen molar-refractivity contribution in [2.75, 3.05) is 6.61 Å². The fourth-order valence-electron chi connectivity index (χ4n) is 1.05. The van der Waals surface area contributed by atoms with Gasteiger partial charge < -0.3 is 15.9 Å². The average Bonchev–Trinajstić information content (AvgIpc) is 2.30. The predicted molar refractivity (Wildman–Crippen MR) is 49.4 cm³/mol. The van der Waals surface area contributed by atoms with Gasteiger partial charge in [-0.3, -0.25) is 0 Å². The van der Waals surface area contributed by atoms with Gasteiger partial charge in [0.1, 0.15) is 5.75 Å². The van der Waals surface area contributed by atoms with Crippen molar-refractivity contribution in [1.82, 2.24) is 0 Å². The van der Waals surface area contributed by atoms with Crippen LogP contribution in [0.2, 0.25) is 0 Å². The molecule has 12 heavy (non-hydrogen) atoms. The number of hydrogen-bond donors (Lipinski definition) is 3. The molecule has 1 atom stereocenters. The van der Waals surface area contributed by atoms with Gasteiger partial charge >= 0.3 is 0 Å². The molecule has 0 aliphatic rings. The number of aliphatic hydroxyl groups is 1. The van der Waals surface area contributed by atoms with Crippen LogP contribution in [0, 0.1) is 6.92 Å². The van der Waals surface area contributed by atoms with Crippen molar-refractivity contribution in [3.8, 4) is 5.75 Å². The zero-order valence-corrected chi connectivity index (χ0v) is 7.77. The lowest BCUT2D eigenvalue weighted by molar-refractivity contribution is 0.276. The van der Waals surface area contributed by atoms with Crippen molar-refractivity contribution >= 4 is 11.3 Å². The minimum Gasteiger partial charge on any atom is -0.507 e.